The van der Waals surface area contributed by atoms with E-state index in [-0.39, 0.29) is 0 Å². The molecule has 3 nitrogen and oxygen atoms in total. The zero-order chi connectivity index (χ0) is 9.97. The first-order valence-electron chi connectivity index (χ1n) is 5.64. The summed E-state index contributed by atoms with van der Waals surface area (Å²) in [6.07, 6.45) is 6.56. The van der Waals surface area contributed by atoms with Gasteiger partial charge in [-0.05, 0) is 38.5 Å². The van der Waals surface area contributed by atoms with Crippen LogP contribution in [-0.2, 0) is 0 Å². The zero-order valence-electron chi connectivity index (χ0n) is 8.26. The van der Waals surface area contributed by atoms with E-state index in [1.54, 1.807) is 0 Å². The molecule has 3 fully saturated rings. The lowest BCUT2D eigenvalue weighted by molar-refractivity contribution is 0.233. The van der Waals surface area contributed by atoms with Crippen molar-refractivity contribution in [2.45, 2.75) is 43.7 Å². The highest BCUT2D eigenvalue weighted by molar-refractivity contribution is 7.60. The van der Waals surface area contributed by atoms with E-state index >= 15 is 0 Å². The SMILES string of the molecule is O[P+](O)(O)C(C1CC1)(C1CC1)C1CC1. The molecule has 3 saturated carbocycles. The van der Waals surface area contributed by atoms with Crippen LogP contribution in [0.15, 0.2) is 0 Å². The summed E-state index contributed by atoms with van der Waals surface area (Å²) in [6.45, 7) is 0. The van der Waals surface area contributed by atoms with Gasteiger partial charge in [0.05, 0.1) is 0 Å². The Morgan fingerprint density at radius 1 is 0.714 bits per heavy atom. The molecule has 0 radical (unpaired) electrons. The average Bonchev–Trinajstić information content (AvgIpc) is 2.94. The van der Waals surface area contributed by atoms with E-state index in [9.17, 15) is 14.7 Å². The van der Waals surface area contributed by atoms with Gasteiger partial charge in [-0.2, -0.15) is 14.7 Å². The lowest BCUT2D eigenvalue weighted by Gasteiger charge is -2.32. The van der Waals surface area contributed by atoms with E-state index < -0.39 is 13.1 Å². The van der Waals surface area contributed by atoms with Crippen LogP contribution in [0.2, 0.25) is 0 Å². The summed E-state index contributed by atoms with van der Waals surface area (Å²) >= 11 is 0. The maximum atomic E-state index is 9.78. The quantitative estimate of drug-likeness (QED) is 0.628. The van der Waals surface area contributed by atoms with Gasteiger partial charge in [-0.25, -0.2) is 0 Å². The van der Waals surface area contributed by atoms with Gasteiger partial charge in [0.25, 0.3) is 0 Å². The third kappa shape index (κ3) is 1.19. The molecule has 0 bridgehead atoms. The van der Waals surface area contributed by atoms with Crippen LogP contribution in [-0.4, -0.2) is 19.8 Å². The maximum absolute atomic E-state index is 9.78. The smallest absolute Gasteiger partial charge is 0.192 e. The predicted molar refractivity (Wildman–Crippen MR) is 54.5 cm³/mol. The van der Waals surface area contributed by atoms with Crippen molar-refractivity contribution in [1.29, 1.82) is 0 Å². The molecule has 0 unspecified atom stereocenters. The van der Waals surface area contributed by atoms with E-state index in [1.165, 1.54) is 0 Å². The molecule has 3 rings (SSSR count). The van der Waals surface area contributed by atoms with E-state index in [0.717, 1.165) is 38.5 Å². The summed E-state index contributed by atoms with van der Waals surface area (Å²) in [4.78, 5) is 29.3. The van der Waals surface area contributed by atoms with Gasteiger partial charge in [-0.1, -0.05) is 0 Å². The molecule has 3 aliphatic rings. The van der Waals surface area contributed by atoms with Crippen molar-refractivity contribution in [2.24, 2.45) is 17.8 Å². The number of hydrogen-bond acceptors (Lipinski definition) is 3. The fourth-order valence-electron chi connectivity index (χ4n) is 3.37. The Morgan fingerprint density at radius 2 is 1.00 bits per heavy atom. The molecule has 14 heavy (non-hydrogen) atoms. The standard InChI is InChI=1S/C10H18O3P/c11-14(12,13)10(7-1-2-7,8-3-4-8)9-5-6-9/h7-9,11-13H,1-6H2/q+1. The molecule has 0 amide bonds. The van der Waals surface area contributed by atoms with E-state index in [4.69, 9.17) is 0 Å². The largest absolute Gasteiger partial charge is 0.410 e. The first kappa shape index (κ1) is 9.53. The van der Waals surface area contributed by atoms with Crippen molar-refractivity contribution in [3.05, 3.63) is 0 Å². The lowest BCUT2D eigenvalue weighted by Crippen LogP contribution is -2.39. The second kappa shape index (κ2) is 2.70. The van der Waals surface area contributed by atoms with E-state index in [2.05, 4.69) is 0 Å². The Balaban J connectivity index is 1.96. The highest BCUT2D eigenvalue weighted by Crippen LogP contribution is 2.79. The summed E-state index contributed by atoms with van der Waals surface area (Å²) in [5.74, 6) is 1.24. The first-order chi connectivity index (χ1) is 6.57. The molecule has 0 atom stereocenters. The van der Waals surface area contributed by atoms with Gasteiger partial charge in [-0.3, -0.25) is 0 Å². The molecule has 0 aromatic carbocycles. The van der Waals surface area contributed by atoms with Crippen LogP contribution in [0.25, 0.3) is 0 Å². The fourth-order valence-corrected chi connectivity index (χ4v) is 5.62. The van der Waals surface area contributed by atoms with Crippen LogP contribution in [0.4, 0.5) is 0 Å². The predicted octanol–water partition coefficient (Wildman–Crippen LogP) is 1.69. The average molecular weight is 217 g/mol. The summed E-state index contributed by atoms with van der Waals surface area (Å²) in [6, 6.07) is 0. The molecule has 0 aromatic heterocycles. The van der Waals surface area contributed by atoms with Crippen molar-refractivity contribution < 1.29 is 14.7 Å². The highest BCUT2D eigenvalue weighted by atomic mass is 31.2. The molecule has 0 heterocycles. The van der Waals surface area contributed by atoms with Gasteiger partial charge < -0.3 is 0 Å². The fraction of sp³-hybridized carbons (Fsp3) is 1.00. The van der Waals surface area contributed by atoms with Crippen molar-refractivity contribution in [2.75, 3.05) is 0 Å². The van der Waals surface area contributed by atoms with Crippen molar-refractivity contribution in [3.8, 4) is 0 Å². The van der Waals surface area contributed by atoms with Gasteiger partial charge in [0.15, 0.2) is 5.16 Å². The molecule has 0 saturated heterocycles. The van der Waals surface area contributed by atoms with Crippen LogP contribution < -0.4 is 0 Å². The Labute approximate surface area is 84.7 Å². The third-order valence-corrected chi connectivity index (χ3v) is 6.35. The number of rotatable bonds is 4. The van der Waals surface area contributed by atoms with Crippen molar-refractivity contribution in [1.82, 2.24) is 0 Å². The zero-order valence-corrected chi connectivity index (χ0v) is 9.16. The normalized spacial score (nSPS) is 29.4. The van der Waals surface area contributed by atoms with Crippen LogP contribution in [0, 0.1) is 17.8 Å². The molecule has 0 aromatic rings. The van der Waals surface area contributed by atoms with Crippen molar-refractivity contribution >= 4 is 7.94 Å². The molecule has 0 aliphatic heterocycles. The Bertz CT molecular complexity index is 217. The van der Waals surface area contributed by atoms with Gasteiger partial charge in [-0.15, -0.1) is 0 Å². The minimum atomic E-state index is -3.64. The Morgan fingerprint density at radius 3 is 1.14 bits per heavy atom. The van der Waals surface area contributed by atoms with Gasteiger partial charge in [0.2, 0.25) is 0 Å². The van der Waals surface area contributed by atoms with E-state index in [0.29, 0.717) is 17.8 Å². The van der Waals surface area contributed by atoms with Crippen molar-refractivity contribution in [3.63, 3.8) is 0 Å². The summed E-state index contributed by atoms with van der Waals surface area (Å²) in [5.41, 5.74) is 0. The summed E-state index contributed by atoms with van der Waals surface area (Å²) < 4.78 is 0. The summed E-state index contributed by atoms with van der Waals surface area (Å²) in [7, 11) is -3.64. The summed E-state index contributed by atoms with van der Waals surface area (Å²) in [5, 5.41) is -0.451. The lowest BCUT2D eigenvalue weighted by atomic mass is 9.91. The van der Waals surface area contributed by atoms with Crippen LogP contribution in [0.5, 0.6) is 0 Å². The first-order valence-corrected chi connectivity index (χ1v) is 7.29. The van der Waals surface area contributed by atoms with Crippen LogP contribution in [0.3, 0.4) is 0 Å². The monoisotopic (exact) mass is 217 g/mol. The molecule has 4 heteroatoms. The van der Waals surface area contributed by atoms with Gasteiger partial charge in [0, 0.05) is 17.8 Å². The molecule has 80 valence electrons. The van der Waals surface area contributed by atoms with Gasteiger partial charge >= 0.3 is 7.94 Å². The number of hydrogen-bond donors (Lipinski definition) is 3. The molecule has 3 aliphatic carbocycles. The minimum absolute atomic E-state index is 0.413. The van der Waals surface area contributed by atoms with Crippen LogP contribution in [0.1, 0.15) is 38.5 Å². The Kier molecular flexibility index (Phi) is 1.84. The van der Waals surface area contributed by atoms with Gasteiger partial charge in [0.1, 0.15) is 0 Å². The molecule has 0 spiro atoms. The topological polar surface area (TPSA) is 60.7 Å². The second-order valence-electron chi connectivity index (χ2n) is 5.28. The molecule has 3 N–H and O–H groups in total. The molecular formula is C10H18O3P+. The Hall–Kier alpha value is 0.310. The second-order valence-corrected chi connectivity index (χ2v) is 7.19. The van der Waals surface area contributed by atoms with Crippen LogP contribution >= 0.6 is 7.94 Å². The minimum Gasteiger partial charge on any atom is -0.192 e. The maximum Gasteiger partial charge on any atom is 0.410 e. The highest BCUT2D eigenvalue weighted by Gasteiger charge is 2.76. The third-order valence-electron chi connectivity index (χ3n) is 4.21. The molecular weight excluding hydrogens is 199 g/mol. The van der Waals surface area contributed by atoms with E-state index in [1.807, 2.05) is 0 Å².